The molecule has 0 saturated heterocycles. The average molecular weight is 372 g/mol. The number of aromatic nitrogens is 2. The number of pyridine rings is 2. The highest BCUT2D eigenvalue weighted by atomic mass is 19.4. The van der Waals surface area contributed by atoms with E-state index in [0.717, 1.165) is 40.3 Å². The first-order chi connectivity index (χ1) is 12.7. The van der Waals surface area contributed by atoms with Crippen LogP contribution in [0.5, 0.6) is 0 Å². The summed E-state index contributed by atoms with van der Waals surface area (Å²) in [6, 6.07) is 10.4. The molecule has 2 aromatic heterocycles. The van der Waals surface area contributed by atoms with Crippen LogP contribution in [0.1, 0.15) is 28.2 Å². The second-order valence-corrected chi connectivity index (χ2v) is 6.55. The van der Waals surface area contributed by atoms with Crippen LogP contribution in [-0.4, -0.2) is 9.97 Å². The summed E-state index contributed by atoms with van der Waals surface area (Å²) in [5.41, 5.74) is 3.88. The highest BCUT2D eigenvalue weighted by molar-refractivity contribution is 5.64. The van der Waals surface area contributed by atoms with E-state index >= 15 is 0 Å². The first kappa shape index (κ1) is 18.9. The number of H-pyrrole nitrogens is 1. The smallest absolute Gasteiger partial charge is 0.362 e. The first-order valence-corrected chi connectivity index (χ1v) is 8.56. The van der Waals surface area contributed by atoms with E-state index in [4.69, 9.17) is 0 Å². The number of aromatic amines is 1. The quantitative estimate of drug-likeness (QED) is 0.711. The minimum atomic E-state index is -4.32. The molecule has 2 heterocycles. The summed E-state index contributed by atoms with van der Waals surface area (Å²) in [4.78, 5) is 19.8. The van der Waals surface area contributed by atoms with Crippen molar-refractivity contribution in [2.24, 2.45) is 0 Å². The van der Waals surface area contributed by atoms with Crippen LogP contribution in [0.15, 0.2) is 53.5 Å². The van der Waals surface area contributed by atoms with Gasteiger partial charge in [0.25, 0.3) is 0 Å². The van der Waals surface area contributed by atoms with Crippen LogP contribution >= 0.6 is 0 Å². The summed E-state index contributed by atoms with van der Waals surface area (Å²) in [7, 11) is 0. The first-order valence-electron chi connectivity index (χ1n) is 8.56. The van der Waals surface area contributed by atoms with E-state index in [1.54, 1.807) is 12.3 Å². The van der Waals surface area contributed by atoms with Gasteiger partial charge < -0.3 is 4.98 Å². The molecule has 0 amide bonds. The summed E-state index contributed by atoms with van der Waals surface area (Å²) in [6.45, 7) is 3.68. The molecule has 0 aliphatic rings. The molecule has 0 unspecified atom stereocenters. The molecule has 1 N–H and O–H groups in total. The summed E-state index contributed by atoms with van der Waals surface area (Å²) >= 11 is 0. The van der Waals surface area contributed by atoms with Crippen LogP contribution < -0.4 is 5.43 Å². The van der Waals surface area contributed by atoms with Crippen molar-refractivity contribution in [2.75, 3.05) is 0 Å². The topological polar surface area (TPSA) is 45.8 Å². The van der Waals surface area contributed by atoms with E-state index in [1.807, 2.05) is 26.0 Å². The monoisotopic (exact) mass is 372 g/mol. The summed E-state index contributed by atoms with van der Waals surface area (Å²) in [6.07, 6.45) is -1.46. The van der Waals surface area contributed by atoms with Gasteiger partial charge in [0.15, 0.2) is 5.43 Å². The van der Waals surface area contributed by atoms with Gasteiger partial charge in [0.05, 0.1) is 5.56 Å². The average Bonchev–Trinajstić information content (AvgIpc) is 2.60. The Hall–Kier alpha value is -2.89. The maximum Gasteiger partial charge on any atom is 0.416 e. The predicted molar refractivity (Wildman–Crippen MR) is 98.6 cm³/mol. The number of hydrogen-bond donors (Lipinski definition) is 1. The van der Waals surface area contributed by atoms with E-state index in [9.17, 15) is 18.0 Å². The van der Waals surface area contributed by atoms with Crippen molar-refractivity contribution in [3.05, 3.63) is 87.1 Å². The molecule has 0 fully saturated rings. The zero-order valence-electron chi connectivity index (χ0n) is 15.0. The molecule has 6 heteroatoms. The Kier molecular flexibility index (Phi) is 5.17. The standard InChI is InChI=1S/C21H19F3N2O/c1-13-11-19(27)20(14(2)26-13)16-6-10-18(25-12-16)9-5-15-3-7-17(8-4-15)21(22,23)24/h3-4,6-8,10-12H,5,9H2,1-2H3,(H,26,27). The Morgan fingerprint density at radius 2 is 1.70 bits per heavy atom. The lowest BCUT2D eigenvalue weighted by Crippen LogP contribution is -2.09. The van der Waals surface area contributed by atoms with Crippen molar-refractivity contribution < 1.29 is 13.2 Å². The normalized spacial score (nSPS) is 11.6. The Morgan fingerprint density at radius 1 is 1.00 bits per heavy atom. The molecule has 0 spiro atoms. The highest BCUT2D eigenvalue weighted by Crippen LogP contribution is 2.29. The van der Waals surface area contributed by atoms with Crippen LogP contribution in [0.2, 0.25) is 0 Å². The molecule has 140 valence electrons. The second-order valence-electron chi connectivity index (χ2n) is 6.55. The van der Waals surface area contributed by atoms with E-state index in [-0.39, 0.29) is 5.43 Å². The molecule has 1 aromatic carbocycles. The van der Waals surface area contributed by atoms with Crippen LogP contribution in [-0.2, 0) is 19.0 Å². The number of nitrogens with one attached hydrogen (secondary N) is 1. The van der Waals surface area contributed by atoms with Gasteiger partial charge in [-0.2, -0.15) is 13.2 Å². The van der Waals surface area contributed by atoms with Crippen LogP contribution in [0.3, 0.4) is 0 Å². The Morgan fingerprint density at radius 3 is 2.26 bits per heavy atom. The van der Waals surface area contributed by atoms with Crippen LogP contribution in [0.4, 0.5) is 13.2 Å². The number of nitrogens with zero attached hydrogens (tertiary/aromatic N) is 1. The summed E-state index contributed by atoms with van der Waals surface area (Å²) < 4.78 is 37.8. The van der Waals surface area contributed by atoms with Crippen molar-refractivity contribution >= 4 is 0 Å². The minimum Gasteiger partial charge on any atom is -0.362 e. The van der Waals surface area contributed by atoms with Crippen LogP contribution in [0.25, 0.3) is 11.1 Å². The van der Waals surface area contributed by atoms with Crippen molar-refractivity contribution in [1.29, 1.82) is 0 Å². The van der Waals surface area contributed by atoms with Crippen LogP contribution in [0, 0.1) is 13.8 Å². The van der Waals surface area contributed by atoms with Gasteiger partial charge in [-0.15, -0.1) is 0 Å². The molecule has 0 bridgehead atoms. The van der Waals surface area contributed by atoms with Gasteiger partial charge in [0, 0.05) is 40.5 Å². The van der Waals surface area contributed by atoms with Gasteiger partial charge in [0.1, 0.15) is 0 Å². The van der Waals surface area contributed by atoms with E-state index in [0.29, 0.717) is 18.4 Å². The molecule has 0 aliphatic heterocycles. The fourth-order valence-electron chi connectivity index (χ4n) is 3.06. The molecule has 0 atom stereocenters. The fourth-order valence-corrected chi connectivity index (χ4v) is 3.06. The number of halogens is 3. The zero-order chi connectivity index (χ0) is 19.6. The molecule has 3 nitrogen and oxygen atoms in total. The zero-order valence-corrected chi connectivity index (χ0v) is 15.0. The number of aryl methyl sites for hydroxylation is 4. The SMILES string of the molecule is Cc1cc(=O)c(-c2ccc(CCc3ccc(C(F)(F)F)cc3)nc2)c(C)[nH]1. The Balaban J connectivity index is 1.71. The minimum absolute atomic E-state index is 0.0527. The van der Waals surface area contributed by atoms with Crippen molar-refractivity contribution in [3.8, 4) is 11.1 Å². The number of rotatable bonds is 4. The molecule has 0 aliphatic carbocycles. The predicted octanol–water partition coefficient (Wildman–Crippen LogP) is 4.86. The summed E-state index contributed by atoms with van der Waals surface area (Å²) in [5.74, 6) is 0. The highest BCUT2D eigenvalue weighted by Gasteiger charge is 2.29. The van der Waals surface area contributed by atoms with Gasteiger partial charge in [-0.1, -0.05) is 18.2 Å². The molecule has 0 saturated carbocycles. The maximum atomic E-state index is 12.6. The molecular weight excluding hydrogens is 353 g/mol. The number of benzene rings is 1. The van der Waals surface area contributed by atoms with Gasteiger partial charge in [-0.05, 0) is 50.5 Å². The van der Waals surface area contributed by atoms with Gasteiger partial charge in [-0.3, -0.25) is 9.78 Å². The van der Waals surface area contributed by atoms with E-state index < -0.39 is 11.7 Å². The molecule has 27 heavy (non-hydrogen) atoms. The van der Waals surface area contributed by atoms with Gasteiger partial charge in [-0.25, -0.2) is 0 Å². The molecule has 3 aromatic rings. The molecule has 0 radical (unpaired) electrons. The molecule has 3 rings (SSSR count). The molecular formula is C21H19F3N2O. The van der Waals surface area contributed by atoms with Crippen molar-refractivity contribution in [3.63, 3.8) is 0 Å². The number of hydrogen-bond acceptors (Lipinski definition) is 2. The van der Waals surface area contributed by atoms with E-state index in [2.05, 4.69) is 9.97 Å². The Bertz CT molecular complexity index is 988. The third-order valence-electron chi connectivity index (χ3n) is 4.42. The summed E-state index contributed by atoms with van der Waals surface area (Å²) in [5, 5.41) is 0. The van der Waals surface area contributed by atoms with Gasteiger partial charge >= 0.3 is 6.18 Å². The third-order valence-corrected chi connectivity index (χ3v) is 4.42. The largest absolute Gasteiger partial charge is 0.416 e. The lowest BCUT2D eigenvalue weighted by molar-refractivity contribution is -0.137. The number of alkyl halides is 3. The van der Waals surface area contributed by atoms with Gasteiger partial charge in [0.2, 0.25) is 0 Å². The third kappa shape index (κ3) is 4.45. The lowest BCUT2D eigenvalue weighted by Gasteiger charge is -2.09. The lowest BCUT2D eigenvalue weighted by atomic mass is 10.0. The van der Waals surface area contributed by atoms with Crippen molar-refractivity contribution in [2.45, 2.75) is 32.9 Å². The maximum absolute atomic E-state index is 12.6. The van der Waals surface area contributed by atoms with E-state index in [1.165, 1.54) is 12.1 Å². The second kappa shape index (κ2) is 7.39. The van der Waals surface area contributed by atoms with Crippen molar-refractivity contribution in [1.82, 2.24) is 9.97 Å². The fraction of sp³-hybridized carbons (Fsp3) is 0.238. The Labute approximate surface area is 154 Å².